The number of hydrogen-bond acceptors (Lipinski definition) is 4. The first-order valence-corrected chi connectivity index (χ1v) is 9.66. The van der Waals surface area contributed by atoms with E-state index in [1.165, 1.54) is 6.07 Å². The highest BCUT2D eigenvalue weighted by Gasteiger charge is 2.31. The lowest BCUT2D eigenvalue weighted by molar-refractivity contribution is -0.120. The van der Waals surface area contributed by atoms with Crippen LogP contribution in [0.3, 0.4) is 0 Å². The number of hydrogen-bond donors (Lipinski definition) is 2. The van der Waals surface area contributed by atoms with Crippen LogP contribution >= 0.6 is 11.8 Å². The monoisotopic (exact) mass is 402 g/mol. The van der Waals surface area contributed by atoms with Gasteiger partial charge in [0.2, 0.25) is 5.91 Å². The minimum atomic E-state index is -0.950. The molecular formula is C19H28F2N2O3S. The first-order valence-electron chi connectivity index (χ1n) is 8.68. The van der Waals surface area contributed by atoms with Crippen molar-refractivity contribution in [3.8, 4) is 0 Å². The van der Waals surface area contributed by atoms with Crippen molar-refractivity contribution in [2.75, 3.05) is 12.3 Å². The number of ether oxygens (including phenoxy) is 1. The normalized spacial score (nSPS) is 13.8. The number of rotatable bonds is 7. The molecule has 0 radical (unpaired) electrons. The van der Waals surface area contributed by atoms with Crippen LogP contribution in [0.2, 0.25) is 0 Å². The zero-order valence-electron chi connectivity index (χ0n) is 16.6. The van der Waals surface area contributed by atoms with Gasteiger partial charge in [-0.3, -0.25) is 4.79 Å². The van der Waals surface area contributed by atoms with Crippen molar-refractivity contribution in [3.63, 3.8) is 0 Å². The van der Waals surface area contributed by atoms with E-state index in [2.05, 4.69) is 10.6 Å². The Kier molecular flexibility index (Phi) is 8.07. The minimum absolute atomic E-state index is 0.0321. The molecule has 0 spiro atoms. The van der Waals surface area contributed by atoms with Gasteiger partial charge in [-0.25, -0.2) is 13.6 Å². The van der Waals surface area contributed by atoms with Crippen molar-refractivity contribution < 1.29 is 23.1 Å². The van der Waals surface area contributed by atoms with Gasteiger partial charge in [0, 0.05) is 11.4 Å². The Morgan fingerprint density at radius 1 is 1.15 bits per heavy atom. The summed E-state index contributed by atoms with van der Waals surface area (Å²) in [5.41, 5.74) is -1.30. The molecule has 27 heavy (non-hydrogen) atoms. The van der Waals surface area contributed by atoms with Gasteiger partial charge < -0.3 is 15.4 Å². The predicted octanol–water partition coefficient (Wildman–Crippen LogP) is 4.11. The average molecular weight is 403 g/mol. The lowest BCUT2D eigenvalue weighted by Crippen LogP contribution is -2.57. The quantitative estimate of drug-likeness (QED) is 0.674. The van der Waals surface area contributed by atoms with Gasteiger partial charge in [0.25, 0.3) is 0 Å². The zero-order chi connectivity index (χ0) is 20.8. The number of alkyl carbamates (subject to hydrolysis) is 1. The molecule has 0 aromatic heterocycles. The van der Waals surface area contributed by atoms with Crippen molar-refractivity contribution in [3.05, 3.63) is 29.8 Å². The molecule has 1 aromatic rings. The third-order valence-electron chi connectivity index (χ3n) is 3.96. The molecule has 0 aliphatic rings. The Hall–Kier alpha value is -1.83. The summed E-state index contributed by atoms with van der Waals surface area (Å²) in [5, 5.41) is 5.59. The Balaban J connectivity index is 2.62. The number of nitrogens with one attached hydrogen (secondary N) is 2. The van der Waals surface area contributed by atoms with Crippen molar-refractivity contribution in [1.29, 1.82) is 0 Å². The highest BCUT2D eigenvalue weighted by Crippen LogP contribution is 2.21. The average Bonchev–Trinajstić information content (AvgIpc) is 2.52. The molecule has 0 bridgehead atoms. The van der Waals surface area contributed by atoms with Crippen molar-refractivity contribution >= 4 is 23.8 Å². The molecule has 5 nitrogen and oxygen atoms in total. The van der Waals surface area contributed by atoms with Crippen LogP contribution in [-0.4, -0.2) is 35.4 Å². The summed E-state index contributed by atoms with van der Waals surface area (Å²) in [5.74, 6) is -2.07. The van der Waals surface area contributed by atoms with Gasteiger partial charge in [-0.2, -0.15) is 0 Å². The van der Waals surface area contributed by atoms with Crippen LogP contribution in [0.25, 0.3) is 0 Å². The smallest absolute Gasteiger partial charge is 0.407 e. The molecule has 0 saturated carbocycles. The first kappa shape index (κ1) is 23.2. The van der Waals surface area contributed by atoms with Crippen LogP contribution in [0.5, 0.6) is 0 Å². The number of carbonyl (C=O) groups excluding carboxylic acids is 2. The Labute approximate surface area is 163 Å². The zero-order valence-corrected chi connectivity index (χ0v) is 17.4. The highest BCUT2D eigenvalue weighted by atomic mass is 32.2. The summed E-state index contributed by atoms with van der Waals surface area (Å²) in [6, 6.07) is 3.50. The van der Waals surface area contributed by atoms with Gasteiger partial charge in [-0.15, -0.1) is 11.8 Å². The molecular weight excluding hydrogens is 374 g/mol. The number of thioether (sulfide) groups is 1. The molecule has 1 aromatic carbocycles. The number of amides is 2. The second-order valence-electron chi connectivity index (χ2n) is 7.84. The van der Waals surface area contributed by atoms with E-state index >= 15 is 0 Å². The Bertz CT molecular complexity index is 677. The SMILES string of the molecule is CC(C)C(C)(CNC(=O)OC(C)(C)C)NC(=O)CSc1ccc(F)c(F)c1. The van der Waals surface area contributed by atoms with E-state index in [0.717, 1.165) is 23.9 Å². The van der Waals surface area contributed by atoms with Gasteiger partial charge in [-0.05, 0) is 51.8 Å². The lowest BCUT2D eigenvalue weighted by atomic mass is 9.88. The van der Waals surface area contributed by atoms with Crippen molar-refractivity contribution in [2.45, 2.75) is 57.6 Å². The van der Waals surface area contributed by atoms with Crippen molar-refractivity contribution in [2.24, 2.45) is 5.92 Å². The third kappa shape index (κ3) is 8.15. The second kappa shape index (κ2) is 9.39. The van der Waals surface area contributed by atoms with Gasteiger partial charge in [-0.1, -0.05) is 13.8 Å². The fourth-order valence-electron chi connectivity index (χ4n) is 2.03. The molecule has 2 amide bonds. The molecule has 0 fully saturated rings. The summed E-state index contributed by atoms with van der Waals surface area (Å²) >= 11 is 1.11. The summed E-state index contributed by atoms with van der Waals surface area (Å²) in [6.07, 6.45) is -0.556. The molecule has 0 aliphatic heterocycles. The van der Waals surface area contributed by atoms with E-state index < -0.39 is 28.9 Å². The minimum Gasteiger partial charge on any atom is -0.444 e. The third-order valence-corrected chi connectivity index (χ3v) is 4.95. The Morgan fingerprint density at radius 2 is 1.78 bits per heavy atom. The molecule has 0 saturated heterocycles. The summed E-state index contributed by atoms with van der Waals surface area (Å²) in [6.45, 7) is 11.2. The van der Waals surface area contributed by atoms with Crippen LogP contribution in [0.4, 0.5) is 13.6 Å². The van der Waals surface area contributed by atoms with Gasteiger partial charge >= 0.3 is 6.09 Å². The maximum absolute atomic E-state index is 13.2. The predicted molar refractivity (Wildman–Crippen MR) is 103 cm³/mol. The molecule has 1 unspecified atom stereocenters. The van der Waals surface area contributed by atoms with E-state index in [0.29, 0.717) is 4.90 Å². The topological polar surface area (TPSA) is 67.4 Å². The maximum Gasteiger partial charge on any atom is 0.407 e. The molecule has 1 atom stereocenters. The standard InChI is InChI=1S/C19H28F2N2O3S/c1-12(2)19(6,11-22-17(25)26-18(3,4)5)23-16(24)10-27-13-7-8-14(20)15(21)9-13/h7-9,12H,10-11H2,1-6H3,(H,22,25)(H,23,24). The highest BCUT2D eigenvalue weighted by molar-refractivity contribution is 8.00. The second-order valence-corrected chi connectivity index (χ2v) is 8.89. The molecule has 152 valence electrons. The fraction of sp³-hybridized carbons (Fsp3) is 0.579. The van der Waals surface area contributed by atoms with Crippen molar-refractivity contribution in [1.82, 2.24) is 10.6 Å². The molecule has 2 N–H and O–H groups in total. The van der Waals surface area contributed by atoms with E-state index in [-0.39, 0.29) is 24.1 Å². The van der Waals surface area contributed by atoms with Crippen LogP contribution in [0.15, 0.2) is 23.1 Å². The summed E-state index contributed by atoms with van der Waals surface area (Å²) in [4.78, 5) is 24.6. The maximum atomic E-state index is 13.2. The lowest BCUT2D eigenvalue weighted by Gasteiger charge is -2.35. The molecule has 1 rings (SSSR count). The van der Waals surface area contributed by atoms with Gasteiger partial charge in [0.15, 0.2) is 11.6 Å². The number of halogens is 2. The van der Waals surface area contributed by atoms with Gasteiger partial charge in [0.05, 0.1) is 11.3 Å². The summed E-state index contributed by atoms with van der Waals surface area (Å²) in [7, 11) is 0. The Morgan fingerprint density at radius 3 is 2.30 bits per heavy atom. The van der Waals surface area contributed by atoms with Crippen LogP contribution < -0.4 is 10.6 Å². The van der Waals surface area contributed by atoms with Crippen LogP contribution in [0, 0.1) is 17.6 Å². The molecule has 0 heterocycles. The summed E-state index contributed by atoms with van der Waals surface area (Å²) < 4.78 is 31.4. The van der Waals surface area contributed by atoms with E-state index in [4.69, 9.17) is 4.74 Å². The molecule has 8 heteroatoms. The largest absolute Gasteiger partial charge is 0.444 e. The fourth-order valence-corrected chi connectivity index (χ4v) is 2.75. The van der Waals surface area contributed by atoms with Crippen LogP contribution in [0.1, 0.15) is 41.5 Å². The van der Waals surface area contributed by atoms with E-state index in [1.807, 2.05) is 20.8 Å². The van der Waals surface area contributed by atoms with Crippen LogP contribution in [-0.2, 0) is 9.53 Å². The van der Waals surface area contributed by atoms with E-state index in [1.54, 1.807) is 20.8 Å². The molecule has 0 aliphatic carbocycles. The first-order chi connectivity index (χ1) is 12.3. The van der Waals surface area contributed by atoms with E-state index in [9.17, 15) is 18.4 Å². The number of carbonyl (C=O) groups is 2. The number of benzene rings is 1. The van der Waals surface area contributed by atoms with Gasteiger partial charge in [0.1, 0.15) is 5.60 Å².